The molecule has 2 aromatic carbocycles. The number of hydrogen-bond acceptors (Lipinski definition) is 3. The first kappa shape index (κ1) is 18.6. The van der Waals surface area contributed by atoms with Gasteiger partial charge in [0.2, 0.25) is 0 Å². The van der Waals surface area contributed by atoms with Crippen molar-refractivity contribution in [3.63, 3.8) is 0 Å². The minimum atomic E-state index is -0.321. The Morgan fingerprint density at radius 2 is 1.69 bits per heavy atom. The average molecular weight is 417 g/mol. The van der Waals surface area contributed by atoms with Gasteiger partial charge in [-0.2, -0.15) is 0 Å². The van der Waals surface area contributed by atoms with Crippen LogP contribution in [0.1, 0.15) is 39.1 Å². The molecule has 2 aromatic rings. The maximum atomic E-state index is 12.7. The number of aliphatic hydroxyl groups is 1. The van der Waals surface area contributed by atoms with Crippen LogP contribution >= 0.6 is 15.9 Å². The Morgan fingerprint density at radius 3 is 2.35 bits per heavy atom. The van der Waals surface area contributed by atoms with Crippen molar-refractivity contribution >= 4 is 33.4 Å². The normalized spacial score (nSPS) is 15.0. The molecule has 1 aliphatic rings. The van der Waals surface area contributed by atoms with Gasteiger partial charge < -0.3 is 15.3 Å². The third-order valence-electron chi connectivity index (χ3n) is 4.59. The fourth-order valence-electron chi connectivity index (χ4n) is 2.94. The van der Waals surface area contributed by atoms with Crippen LogP contribution in [-0.2, 0) is 0 Å². The van der Waals surface area contributed by atoms with Crippen LogP contribution in [0.3, 0.4) is 0 Å². The van der Waals surface area contributed by atoms with Crippen LogP contribution in [0, 0.1) is 6.92 Å². The van der Waals surface area contributed by atoms with Crippen LogP contribution in [0.2, 0.25) is 0 Å². The summed E-state index contributed by atoms with van der Waals surface area (Å²) in [5.41, 5.74) is 2.61. The average Bonchev–Trinajstić information content (AvgIpc) is 2.64. The number of piperidine rings is 1. The van der Waals surface area contributed by atoms with Crippen LogP contribution < -0.4 is 5.32 Å². The summed E-state index contributed by atoms with van der Waals surface area (Å²) in [5.74, 6) is -0.290. The zero-order valence-electron chi connectivity index (χ0n) is 14.5. The highest BCUT2D eigenvalue weighted by Crippen LogP contribution is 2.21. The van der Waals surface area contributed by atoms with Crippen molar-refractivity contribution in [2.75, 3.05) is 18.4 Å². The second kappa shape index (κ2) is 8.01. The molecule has 1 saturated heterocycles. The van der Waals surface area contributed by atoms with Gasteiger partial charge >= 0.3 is 0 Å². The molecular formula is C20H21BrN2O3. The zero-order chi connectivity index (χ0) is 18.7. The maximum Gasteiger partial charge on any atom is 0.255 e. The van der Waals surface area contributed by atoms with Gasteiger partial charge in [-0.25, -0.2) is 0 Å². The topological polar surface area (TPSA) is 69.6 Å². The number of likely N-dealkylation sites (tertiary alicyclic amines) is 1. The van der Waals surface area contributed by atoms with Gasteiger partial charge in [0.15, 0.2) is 0 Å². The minimum absolute atomic E-state index is 0.0731. The molecule has 26 heavy (non-hydrogen) atoms. The van der Waals surface area contributed by atoms with Gasteiger partial charge in [0, 0.05) is 34.4 Å². The second-order valence-electron chi connectivity index (χ2n) is 6.51. The Morgan fingerprint density at radius 1 is 1.08 bits per heavy atom. The number of halogens is 1. The molecule has 1 heterocycles. The number of amides is 2. The van der Waals surface area contributed by atoms with E-state index < -0.39 is 0 Å². The molecule has 0 radical (unpaired) electrons. The summed E-state index contributed by atoms with van der Waals surface area (Å²) in [6.07, 6.45) is 0.882. The van der Waals surface area contributed by atoms with Crippen molar-refractivity contribution < 1.29 is 14.7 Å². The molecule has 6 heteroatoms. The SMILES string of the molecule is Cc1ccc(C(=O)N2CCC(O)CC2)cc1NC(=O)c1ccc(Br)cc1. The first-order valence-electron chi connectivity index (χ1n) is 8.59. The van der Waals surface area contributed by atoms with Crippen molar-refractivity contribution in [1.29, 1.82) is 0 Å². The Kier molecular flexibility index (Phi) is 5.74. The van der Waals surface area contributed by atoms with E-state index in [2.05, 4.69) is 21.2 Å². The quantitative estimate of drug-likeness (QED) is 0.802. The van der Waals surface area contributed by atoms with E-state index in [0.29, 0.717) is 42.7 Å². The number of aliphatic hydroxyl groups excluding tert-OH is 1. The van der Waals surface area contributed by atoms with Crippen molar-refractivity contribution in [3.05, 3.63) is 63.6 Å². The van der Waals surface area contributed by atoms with Gasteiger partial charge in [0.1, 0.15) is 0 Å². The molecule has 1 aliphatic heterocycles. The highest BCUT2D eigenvalue weighted by atomic mass is 79.9. The van der Waals surface area contributed by atoms with Crippen molar-refractivity contribution in [3.8, 4) is 0 Å². The van der Waals surface area contributed by atoms with Gasteiger partial charge in [-0.05, 0) is 61.7 Å². The molecule has 0 bridgehead atoms. The number of carbonyl (C=O) groups excluding carboxylic acids is 2. The number of hydrogen-bond donors (Lipinski definition) is 2. The standard InChI is InChI=1S/C20H21BrN2O3/c1-13-2-3-15(20(26)23-10-8-17(24)9-11-23)12-18(13)22-19(25)14-4-6-16(21)7-5-14/h2-7,12,17,24H,8-11H2,1H3,(H,22,25). The minimum Gasteiger partial charge on any atom is -0.393 e. The highest BCUT2D eigenvalue weighted by Gasteiger charge is 2.22. The first-order valence-corrected chi connectivity index (χ1v) is 9.38. The van der Waals surface area contributed by atoms with Crippen LogP contribution in [-0.4, -0.2) is 41.0 Å². The van der Waals surface area contributed by atoms with Crippen LogP contribution in [0.15, 0.2) is 46.9 Å². The molecule has 3 rings (SSSR count). The summed E-state index contributed by atoms with van der Waals surface area (Å²) in [4.78, 5) is 26.9. The third kappa shape index (κ3) is 4.31. The summed E-state index contributed by atoms with van der Waals surface area (Å²) in [7, 11) is 0. The van der Waals surface area contributed by atoms with Crippen molar-refractivity contribution in [2.24, 2.45) is 0 Å². The number of carbonyl (C=O) groups is 2. The third-order valence-corrected chi connectivity index (χ3v) is 5.12. The molecular weight excluding hydrogens is 396 g/mol. The second-order valence-corrected chi connectivity index (χ2v) is 7.43. The molecule has 0 spiro atoms. The molecule has 0 aliphatic carbocycles. The number of aryl methyl sites for hydroxylation is 1. The first-order chi connectivity index (χ1) is 12.4. The van der Waals surface area contributed by atoms with Gasteiger partial charge in [-0.15, -0.1) is 0 Å². The largest absolute Gasteiger partial charge is 0.393 e. The lowest BCUT2D eigenvalue weighted by molar-refractivity contribution is 0.0546. The van der Waals surface area contributed by atoms with E-state index in [1.807, 2.05) is 25.1 Å². The molecule has 5 nitrogen and oxygen atoms in total. The predicted octanol–water partition coefficient (Wildman–Crippen LogP) is 3.61. The van der Waals surface area contributed by atoms with Gasteiger partial charge in [0.05, 0.1) is 6.10 Å². The number of rotatable bonds is 3. The Hall–Kier alpha value is -2.18. The number of benzene rings is 2. The van der Waals surface area contributed by atoms with Crippen LogP contribution in [0.5, 0.6) is 0 Å². The Labute approximate surface area is 161 Å². The lowest BCUT2D eigenvalue weighted by atomic mass is 10.0. The Balaban J connectivity index is 1.76. The van der Waals surface area contributed by atoms with E-state index in [1.54, 1.807) is 29.2 Å². The zero-order valence-corrected chi connectivity index (χ0v) is 16.1. The van der Waals surface area contributed by atoms with Crippen LogP contribution in [0.25, 0.3) is 0 Å². The Bertz CT molecular complexity index is 812. The van der Waals surface area contributed by atoms with Gasteiger partial charge in [-0.3, -0.25) is 9.59 Å². The smallest absolute Gasteiger partial charge is 0.255 e. The van der Waals surface area contributed by atoms with Crippen molar-refractivity contribution in [2.45, 2.75) is 25.9 Å². The summed E-state index contributed by atoms with van der Waals surface area (Å²) in [5, 5.41) is 12.5. The van der Waals surface area contributed by atoms with Crippen molar-refractivity contribution in [1.82, 2.24) is 4.90 Å². The lowest BCUT2D eigenvalue weighted by Crippen LogP contribution is -2.40. The fourth-order valence-corrected chi connectivity index (χ4v) is 3.20. The van der Waals surface area contributed by atoms with E-state index in [0.717, 1.165) is 10.0 Å². The molecule has 0 unspecified atom stereocenters. The van der Waals surface area contributed by atoms with E-state index in [1.165, 1.54) is 0 Å². The molecule has 2 amide bonds. The predicted molar refractivity (Wildman–Crippen MR) is 104 cm³/mol. The van der Waals surface area contributed by atoms with E-state index >= 15 is 0 Å². The maximum absolute atomic E-state index is 12.7. The summed E-state index contributed by atoms with van der Waals surface area (Å²) < 4.78 is 0.907. The molecule has 0 aromatic heterocycles. The monoisotopic (exact) mass is 416 g/mol. The van der Waals surface area contributed by atoms with Gasteiger partial charge in [-0.1, -0.05) is 22.0 Å². The van der Waals surface area contributed by atoms with E-state index in [9.17, 15) is 14.7 Å². The summed E-state index contributed by atoms with van der Waals surface area (Å²) >= 11 is 3.35. The molecule has 1 fully saturated rings. The van der Waals surface area contributed by atoms with Gasteiger partial charge in [0.25, 0.3) is 11.8 Å². The number of anilines is 1. The number of nitrogens with one attached hydrogen (secondary N) is 1. The summed E-state index contributed by atoms with van der Waals surface area (Å²) in [6, 6.07) is 12.4. The number of nitrogens with zero attached hydrogens (tertiary/aromatic N) is 1. The summed E-state index contributed by atoms with van der Waals surface area (Å²) in [6.45, 7) is 2.99. The lowest BCUT2D eigenvalue weighted by Gasteiger charge is -2.29. The van der Waals surface area contributed by atoms with E-state index in [4.69, 9.17) is 0 Å². The van der Waals surface area contributed by atoms with E-state index in [-0.39, 0.29) is 17.9 Å². The fraction of sp³-hybridized carbons (Fsp3) is 0.300. The van der Waals surface area contributed by atoms with Crippen LogP contribution in [0.4, 0.5) is 5.69 Å². The molecule has 0 saturated carbocycles. The highest BCUT2D eigenvalue weighted by molar-refractivity contribution is 9.10. The molecule has 136 valence electrons. The molecule has 2 N–H and O–H groups in total. The molecule has 0 atom stereocenters.